The van der Waals surface area contributed by atoms with Gasteiger partial charge in [-0.05, 0) is 6.07 Å². The third-order valence-corrected chi connectivity index (χ3v) is 1.95. The summed E-state index contributed by atoms with van der Waals surface area (Å²) >= 11 is 5.84. The van der Waals surface area contributed by atoms with Crippen molar-refractivity contribution in [1.29, 1.82) is 0 Å². The first-order chi connectivity index (χ1) is 6.29. The van der Waals surface area contributed by atoms with Crippen LogP contribution in [0.15, 0.2) is 12.3 Å². The predicted octanol–water partition coefficient (Wildman–Crippen LogP) is 0.598. The fourth-order valence-electron chi connectivity index (χ4n) is 0.962. The average molecular weight is 202 g/mol. The quantitative estimate of drug-likeness (QED) is 0.667. The van der Waals surface area contributed by atoms with Gasteiger partial charge in [0.25, 0.3) is 0 Å². The highest BCUT2D eigenvalue weighted by Crippen LogP contribution is 2.21. The zero-order chi connectivity index (χ0) is 9.68. The molecule has 0 amide bonds. The van der Waals surface area contributed by atoms with Gasteiger partial charge in [-0.1, -0.05) is 11.6 Å². The number of anilines is 1. The van der Waals surface area contributed by atoms with Gasteiger partial charge in [0.05, 0.1) is 11.6 Å². The number of aliphatic hydroxyl groups is 1. The molecule has 1 aromatic rings. The lowest BCUT2D eigenvalue weighted by Crippen LogP contribution is -2.15. The largest absolute Gasteiger partial charge is 0.391 e. The van der Waals surface area contributed by atoms with Crippen LogP contribution in [0.1, 0.15) is 5.56 Å². The minimum atomic E-state index is -0.125. The van der Waals surface area contributed by atoms with Crippen molar-refractivity contribution in [3.63, 3.8) is 0 Å². The molecule has 0 saturated heterocycles. The summed E-state index contributed by atoms with van der Waals surface area (Å²) in [6, 6.07) is 1.64. The van der Waals surface area contributed by atoms with Crippen LogP contribution in [-0.2, 0) is 6.61 Å². The molecule has 0 atom stereocenters. The molecule has 1 rings (SSSR count). The van der Waals surface area contributed by atoms with E-state index in [9.17, 15) is 0 Å². The molecule has 0 radical (unpaired) electrons. The lowest BCUT2D eigenvalue weighted by Gasteiger charge is -2.09. The number of nitrogens with two attached hydrogens (primary N) is 1. The first kappa shape index (κ1) is 10.2. The van der Waals surface area contributed by atoms with E-state index in [-0.39, 0.29) is 6.61 Å². The number of aliphatic hydroxyl groups excluding tert-OH is 1. The molecule has 0 aromatic carbocycles. The number of pyridine rings is 1. The number of halogens is 1. The fraction of sp³-hybridized carbons (Fsp3) is 0.375. The van der Waals surface area contributed by atoms with E-state index in [0.717, 1.165) is 0 Å². The van der Waals surface area contributed by atoms with Gasteiger partial charge in [-0.2, -0.15) is 0 Å². The molecule has 5 heteroatoms. The second-order valence-electron chi connectivity index (χ2n) is 2.49. The SMILES string of the molecule is NCCNc1nccc(Cl)c1CO. The van der Waals surface area contributed by atoms with Gasteiger partial charge in [-0.25, -0.2) is 4.98 Å². The Morgan fingerprint density at radius 3 is 3.00 bits per heavy atom. The molecule has 72 valence electrons. The summed E-state index contributed by atoms with van der Waals surface area (Å²) < 4.78 is 0. The summed E-state index contributed by atoms with van der Waals surface area (Å²) in [5.41, 5.74) is 5.93. The lowest BCUT2D eigenvalue weighted by atomic mass is 10.2. The topological polar surface area (TPSA) is 71.2 Å². The van der Waals surface area contributed by atoms with Gasteiger partial charge in [0.2, 0.25) is 0 Å². The van der Waals surface area contributed by atoms with Gasteiger partial charge in [-0.3, -0.25) is 0 Å². The highest BCUT2D eigenvalue weighted by Gasteiger charge is 2.05. The normalized spacial score (nSPS) is 10.1. The Kier molecular flexibility index (Phi) is 3.95. The molecule has 0 spiro atoms. The first-order valence-corrected chi connectivity index (χ1v) is 4.35. The lowest BCUT2D eigenvalue weighted by molar-refractivity contribution is 0.282. The van der Waals surface area contributed by atoms with Crippen molar-refractivity contribution in [1.82, 2.24) is 4.98 Å². The number of hydrogen-bond donors (Lipinski definition) is 3. The molecule has 4 nitrogen and oxygen atoms in total. The van der Waals surface area contributed by atoms with Crippen LogP contribution in [0.25, 0.3) is 0 Å². The summed E-state index contributed by atoms with van der Waals surface area (Å²) in [5.74, 6) is 0.598. The summed E-state index contributed by atoms with van der Waals surface area (Å²) in [7, 11) is 0. The van der Waals surface area contributed by atoms with Crippen LogP contribution >= 0.6 is 11.6 Å². The average Bonchev–Trinajstić information content (AvgIpc) is 2.15. The minimum absolute atomic E-state index is 0.125. The molecular weight excluding hydrogens is 190 g/mol. The van der Waals surface area contributed by atoms with Crippen LogP contribution in [0.2, 0.25) is 5.02 Å². The van der Waals surface area contributed by atoms with Gasteiger partial charge >= 0.3 is 0 Å². The van der Waals surface area contributed by atoms with Crippen molar-refractivity contribution >= 4 is 17.4 Å². The zero-order valence-electron chi connectivity index (χ0n) is 7.13. The number of nitrogens with one attached hydrogen (secondary N) is 1. The van der Waals surface area contributed by atoms with Gasteiger partial charge < -0.3 is 16.2 Å². The van der Waals surface area contributed by atoms with E-state index in [2.05, 4.69) is 10.3 Å². The Morgan fingerprint density at radius 1 is 1.62 bits per heavy atom. The number of hydrogen-bond acceptors (Lipinski definition) is 4. The molecule has 1 aromatic heterocycles. The van der Waals surface area contributed by atoms with E-state index in [4.69, 9.17) is 22.4 Å². The Morgan fingerprint density at radius 2 is 2.38 bits per heavy atom. The number of nitrogens with zero attached hydrogens (tertiary/aromatic N) is 1. The third kappa shape index (κ3) is 2.55. The molecule has 4 N–H and O–H groups in total. The Bertz CT molecular complexity index is 280. The highest BCUT2D eigenvalue weighted by molar-refractivity contribution is 6.31. The smallest absolute Gasteiger partial charge is 0.133 e. The molecule has 0 bridgehead atoms. The maximum Gasteiger partial charge on any atom is 0.133 e. The van der Waals surface area contributed by atoms with Crippen molar-refractivity contribution in [3.05, 3.63) is 22.8 Å². The molecule has 0 saturated carbocycles. The molecule has 0 aliphatic carbocycles. The van der Waals surface area contributed by atoms with Gasteiger partial charge in [0.1, 0.15) is 5.82 Å². The monoisotopic (exact) mass is 201 g/mol. The van der Waals surface area contributed by atoms with Crippen molar-refractivity contribution in [3.8, 4) is 0 Å². The standard InChI is InChI=1S/C8H12ClN3O/c9-7-1-3-11-8(6(7)5-13)12-4-2-10/h1,3,13H,2,4-5,10H2,(H,11,12). The van der Waals surface area contributed by atoms with E-state index in [1.807, 2.05) is 0 Å². The number of aromatic nitrogens is 1. The second kappa shape index (κ2) is 5.01. The Hall–Kier alpha value is -0.840. The zero-order valence-corrected chi connectivity index (χ0v) is 7.88. The van der Waals surface area contributed by atoms with E-state index in [1.165, 1.54) is 0 Å². The molecule has 0 aliphatic heterocycles. The molecule has 0 fully saturated rings. The first-order valence-electron chi connectivity index (χ1n) is 3.97. The minimum Gasteiger partial charge on any atom is -0.391 e. The van der Waals surface area contributed by atoms with Crippen molar-refractivity contribution in [2.24, 2.45) is 5.73 Å². The van der Waals surface area contributed by atoms with Crippen LogP contribution < -0.4 is 11.1 Å². The van der Waals surface area contributed by atoms with Gasteiger partial charge in [0.15, 0.2) is 0 Å². The van der Waals surface area contributed by atoms with Crippen LogP contribution in [0, 0.1) is 0 Å². The van der Waals surface area contributed by atoms with Crippen molar-refractivity contribution in [2.45, 2.75) is 6.61 Å². The summed E-state index contributed by atoms with van der Waals surface area (Å²) in [6.07, 6.45) is 1.58. The number of rotatable bonds is 4. The van der Waals surface area contributed by atoms with Crippen LogP contribution in [0.5, 0.6) is 0 Å². The van der Waals surface area contributed by atoms with E-state index in [1.54, 1.807) is 12.3 Å². The fourth-order valence-corrected chi connectivity index (χ4v) is 1.17. The van der Waals surface area contributed by atoms with Crippen molar-refractivity contribution < 1.29 is 5.11 Å². The summed E-state index contributed by atoms with van der Waals surface area (Å²) in [5, 5.41) is 12.5. The molecule has 0 aliphatic rings. The van der Waals surface area contributed by atoms with Gasteiger partial charge in [0, 0.05) is 24.8 Å². The van der Waals surface area contributed by atoms with E-state index >= 15 is 0 Å². The molecular formula is C8H12ClN3O. The summed E-state index contributed by atoms with van der Waals surface area (Å²) in [4.78, 5) is 4.04. The Labute approximate surface area is 81.7 Å². The third-order valence-electron chi connectivity index (χ3n) is 1.59. The Balaban J connectivity index is 2.85. The predicted molar refractivity (Wildman–Crippen MR) is 52.7 cm³/mol. The summed E-state index contributed by atoms with van der Waals surface area (Å²) in [6.45, 7) is 0.999. The van der Waals surface area contributed by atoms with E-state index < -0.39 is 0 Å². The van der Waals surface area contributed by atoms with Crippen LogP contribution in [0.3, 0.4) is 0 Å². The van der Waals surface area contributed by atoms with E-state index in [0.29, 0.717) is 29.5 Å². The van der Waals surface area contributed by atoms with Crippen molar-refractivity contribution in [2.75, 3.05) is 18.4 Å². The maximum atomic E-state index is 9.00. The molecule has 1 heterocycles. The van der Waals surface area contributed by atoms with Gasteiger partial charge in [-0.15, -0.1) is 0 Å². The highest BCUT2D eigenvalue weighted by atomic mass is 35.5. The van der Waals surface area contributed by atoms with Crippen LogP contribution in [-0.4, -0.2) is 23.2 Å². The maximum absolute atomic E-state index is 9.00. The molecule has 13 heavy (non-hydrogen) atoms. The second-order valence-corrected chi connectivity index (χ2v) is 2.90. The van der Waals surface area contributed by atoms with Crippen LogP contribution in [0.4, 0.5) is 5.82 Å². The molecule has 0 unspecified atom stereocenters.